The van der Waals surface area contributed by atoms with Gasteiger partial charge in [-0.1, -0.05) is 0 Å². The molecule has 148 valence electrons. The highest BCUT2D eigenvalue weighted by Gasteiger charge is 2.34. The van der Waals surface area contributed by atoms with Crippen molar-refractivity contribution < 1.29 is 17.9 Å². The molecule has 1 unspecified atom stereocenters. The quantitative estimate of drug-likeness (QED) is 0.232. The predicted octanol–water partition coefficient (Wildman–Crippen LogP) is 2.61. The Labute approximate surface area is 165 Å². The standard InChI is InChI=1S/C16H29F3N4O.HI/c1-2-20-15(21-7-3-9-24-11-13-4-5-13)22-14-6-8-23(10-14)12-16(17,18)19;/h13-14H,2-12H2,1H3,(H2,20,21,22);1H. The van der Waals surface area contributed by atoms with Crippen LogP contribution in [0.2, 0.25) is 0 Å². The number of ether oxygens (including phenoxy) is 1. The first-order chi connectivity index (χ1) is 11.5. The number of alkyl halides is 3. The molecule has 5 nitrogen and oxygen atoms in total. The number of hydrogen-bond donors (Lipinski definition) is 2. The van der Waals surface area contributed by atoms with Crippen LogP contribution in [0.4, 0.5) is 13.2 Å². The highest BCUT2D eigenvalue weighted by atomic mass is 127. The lowest BCUT2D eigenvalue weighted by Crippen LogP contribution is -2.45. The summed E-state index contributed by atoms with van der Waals surface area (Å²) in [5, 5.41) is 6.39. The second-order valence-electron chi connectivity index (χ2n) is 6.61. The molecule has 1 heterocycles. The van der Waals surface area contributed by atoms with Gasteiger partial charge in [-0.25, -0.2) is 0 Å². The average Bonchev–Trinajstić information content (AvgIpc) is 3.22. The van der Waals surface area contributed by atoms with Gasteiger partial charge in [-0.3, -0.25) is 9.89 Å². The summed E-state index contributed by atoms with van der Waals surface area (Å²) in [6.45, 7) is 4.95. The van der Waals surface area contributed by atoms with Gasteiger partial charge in [0.2, 0.25) is 0 Å². The van der Waals surface area contributed by atoms with Gasteiger partial charge < -0.3 is 15.4 Å². The van der Waals surface area contributed by atoms with Crippen molar-refractivity contribution in [3.8, 4) is 0 Å². The Bertz CT molecular complexity index is 405. The van der Waals surface area contributed by atoms with Crippen molar-refractivity contribution in [3.05, 3.63) is 0 Å². The molecule has 1 saturated carbocycles. The molecule has 0 spiro atoms. The van der Waals surface area contributed by atoms with Crippen molar-refractivity contribution >= 4 is 29.9 Å². The smallest absolute Gasteiger partial charge is 0.381 e. The molecule has 0 radical (unpaired) electrons. The van der Waals surface area contributed by atoms with Crippen LogP contribution in [0.25, 0.3) is 0 Å². The summed E-state index contributed by atoms with van der Waals surface area (Å²) in [5.41, 5.74) is 0. The molecule has 1 aliphatic carbocycles. The summed E-state index contributed by atoms with van der Waals surface area (Å²) >= 11 is 0. The van der Waals surface area contributed by atoms with E-state index < -0.39 is 12.7 Å². The second-order valence-corrected chi connectivity index (χ2v) is 6.61. The van der Waals surface area contributed by atoms with E-state index in [1.165, 1.54) is 17.7 Å². The Balaban J connectivity index is 0.00000312. The fraction of sp³-hybridized carbons (Fsp3) is 0.938. The van der Waals surface area contributed by atoms with E-state index in [-0.39, 0.29) is 30.0 Å². The molecule has 2 rings (SSSR count). The molecule has 9 heteroatoms. The lowest BCUT2D eigenvalue weighted by atomic mass is 10.3. The third kappa shape index (κ3) is 10.4. The van der Waals surface area contributed by atoms with Crippen LogP contribution in [0.15, 0.2) is 4.99 Å². The summed E-state index contributed by atoms with van der Waals surface area (Å²) in [7, 11) is 0. The van der Waals surface area contributed by atoms with Crippen molar-refractivity contribution in [2.45, 2.75) is 44.8 Å². The van der Waals surface area contributed by atoms with Crippen LogP contribution in [0, 0.1) is 5.92 Å². The third-order valence-electron chi connectivity index (χ3n) is 4.13. The van der Waals surface area contributed by atoms with Crippen LogP contribution in [0.1, 0.15) is 32.6 Å². The molecule has 0 aromatic carbocycles. The summed E-state index contributed by atoms with van der Waals surface area (Å²) < 4.78 is 42.9. The first-order valence-electron chi connectivity index (χ1n) is 8.88. The molecular formula is C16H30F3IN4O. The maximum atomic E-state index is 12.4. The zero-order valence-corrected chi connectivity index (χ0v) is 17.1. The predicted molar refractivity (Wildman–Crippen MR) is 104 cm³/mol. The lowest BCUT2D eigenvalue weighted by molar-refractivity contribution is -0.143. The van der Waals surface area contributed by atoms with E-state index in [9.17, 15) is 13.2 Å². The molecule has 1 saturated heterocycles. The molecule has 1 aliphatic heterocycles. The monoisotopic (exact) mass is 478 g/mol. The average molecular weight is 478 g/mol. The minimum absolute atomic E-state index is 0. The fourth-order valence-corrected chi connectivity index (χ4v) is 2.75. The van der Waals surface area contributed by atoms with E-state index in [1.54, 1.807) is 0 Å². The molecule has 2 aliphatic rings. The Morgan fingerprint density at radius 1 is 1.28 bits per heavy atom. The molecule has 0 aromatic rings. The summed E-state index contributed by atoms with van der Waals surface area (Å²) in [5.74, 6) is 1.45. The van der Waals surface area contributed by atoms with E-state index in [1.807, 2.05) is 6.92 Å². The zero-order chi connectivity index (χ0) is 17.4. The van der Waals surface area contributed by atoms with Gasteiger partial charge in [0.05, 0.1) is 6.54 Å². The van der Waals surface area contributed by atoms with E-state index in [0.717, 1.165) is 25.5 Å². The van der Waals surface area contributed by atoms with Crippen LogP contribution in [-0.2, 0) is 4.74 Å². The Kier molecular flexibility index (Phi) is 10.4. The number of nitrogens with one attached hydrogen (secondary N) is 2. The van der Waals surface area contributed by atoms with Crippen molar-refractivity contribution in [2.75, 3.05) is 45.9 Å². The topological polar surface area (TPSA) is 48.9 Å². The van der Waals surface area contributed by atoms with Gasteiger partial charge in [0.15, 0.2) is 5.96 Å². The van der Waals surface area contributed by atoms with Gasteiger partial charge in [0.1, 0.15) is 0 Å². The van der Waals surface area contributed by atoms with E-state index >= 15 is 0 Å². The van der Waals surface area contributed by atoms with Gasteiger partial charge >= 0.3 is 6.18 Å². The zero-order valence-electron chi connectivity index (χ0n) is 14.8. The molecular weight excluding hydrogens is 448 g/mol. The van der Waals surface area contributed by atoms with Gasteiger partial charge in [0, 0.05) is 45.4 Å². The Morgan fingerprint density at radius 3 is 2.68 bits per heavy atom. The number of nitrogens with zero attached hydrogens (tertiary/aromatic N) is 2. The number of halogens is 4. The Hall–Kier alpha value is -0.290. The molecule has 0 aromatic heterocycles. The summed E-state index contributed by atoms with van der Waals surface area (Å²) in [4.78, 5) is 5.92. The highest BCUT2D eigenvalue weighted by molar-refractivity contribution is 14.0. The first kappa shape index (κ1) is 22.8. The maximum absolute atomic E-state index is 12.4. The minimum Gasteiger partial charge on any atom is -0.381 e. The molecule has 0 amide bonds. The molecule has 1 atom stereocenters. The molecule has 2 N–H and O–H groups in total. The largest absolute Gasteiger partial charge is 0.401 e. The normalized spacial score (nSPS) is 21.9. The van der Waals surface area contributed by atoms with Crippen molar-refractivity contribution in [1.29, 1.82) is 0 Å². The number of guanidine groups is 1. The van der Waals surface area contributed by atoms with E-state index in [0.29, 0.717) is 38.6 Å². The molecule has 2 fully saturated rings. The van der Waals surface area contributed by atoms with Gasteiger partial charge in [0.25, 0.3) is 0 Å². The van der Waals surface area contributed by atoms with Crippen LogP contribution >= 0.6 is 24.0 Å². The number of rotatable bonds is 9. The first-order valence-corrected chi connectivity index (χ1v) is 8.88. The van der Waals surface area contributed by atoms with Crippen molar-refractivity contribution in [3.63, 3.8) is 0 Å². The SMILES string of the molecule is CCNC(=NCCCOCC1CC1)NC1CCN(CC(F)(F)F)C1.I. The number of aliphatic imine (C=N–C) groups is 1. The van der Waals surface area contributed by atoms with Crippen LogP contribution < -0.4 is 10.6 Å². The van der Waals surface area contributed by atoms with Crippen LogP contribution in [0.3, 0.4) is 0 Å². The second kappa shape index (κ2) is 11.4. The van der Waals surface area contributed by atoms with Gasteiger partial charge in [-0.2, -0.15) is 13.2 Å². The lowest BCUT2D eigenvalue weighted by Gasteiger charge is -2.19. The Morgan fingerprint density at radius 2 is 2.04 bits per heavy atom. The van der Waals surface area contributed by atoms with Crippen LogP contribution in [-0.4, -0.2) is 69.0 Å². The maximum Gasteiger partial charge on any atom is 0.401 e. The number of likely N-dealkylation sites (tertiary alicyclic amines) is 1. The third-order valence-corrected chi connectivity index (χ3v) is 4.13. The van der Waals surface area contributed by atoms with Gasteiger partial charge in [-0.15, -0.1) is 24.0 Å². The molecule has 0 bridgehead atoms. The summed E-state index contributed by atoms with van der Waals surface area (Å²) in [6.07, 6.45) is 0.00582. The fourth-order valence-electron chi connectivity index (χ4n) is 2.75. The van der Waals surface area contributed by atoms with Gasteiger partial charge in [-0.05, 0) is 38.5 Å². The summed E-state index contributed by atoms with van der Waals surface area (Å²) in [6, 6.07) is 0.0104. The number of hydrogen-bond acceptors (Lipinski definition) is 3. The van der Waals surface area contributed by atoms with E-state index in [4.69, 9.17) is 4.74 Å². The van der Waals surface area contributed by atoms with Crippen LogP contribution in [0.5, 0.6) is 0 Å². The van der Waals surface area contributed by atoms with Crippen molar-refractivity contribution in [1.82, 2.24) is 15.5 Å². The highest BCUT2D eigenvalue weighted by Crippen LogP contribution is 2.28. The minimum atomic E-state index is -4.13. The van der Waals surface area contributed by atoms with E-state index in [2.05, 4.69) is 15.6 Å². The molecule has 25 heavy (non-hydrogen) atoms. The van der Waals surface area contributed by atoms with Crippen molar-refractivity contribution in [2.24, 2.45) is 10.9 Å².